The lowest BCUT2D eigenvalue weighted by molar-refractivity contribution is -0.0411. The lowest BCUT2D eigenvalue weighted by Crippen LogP contribution is -2.32. The Morgan fingerprint density at radius 1 is 1.21 bits per heavy atom. The summed E-state index contributed by atoms with van der Waals surface area (Å²) in [7, 11) is 0. The lowest BCUT2D eigenvalue weighted by atomic mass is 9.95. The van der Waals surface area contributed by atoms with Gasteiger partial charge in [0.05, 0.1) is 28.1 Å². The molecule has 1 aliphatic heterocycles. The summed E-state index contributed by atoms with van der Waals surface area (Å²) in [5, 5.41) is 2.87. The van der Waals surface area contributed by atoms with E-state index in [2.05, 4.69) is 26.0 Å². The van der Waals surface area contributed by atoms with Gasteiger partial charge in [0.15, 0.2) is 0 Å². The van der Waals surface area contributed by atoms with Gasteiger partial charge in [0, 0.05) is 28.1 Å². The number of benzene rings is 1. The van der Waals surface area contributed by atoms with E-state index in [-0.39, 0.29) is 5.60 Å². The molecule has 3 aromatic heterocycles. The molecule has 4 aromatic rings. The lowest BCUT2D eigenvalue weighted by Gasteiger charge is -2.30. The monoisotopic (exact) mass is 441 g/mol. The zero-order valence-electron chi connectivity index (χ0n) is 16.5. The molecule has 1 aliphatic rings. The molecule has 29 heavy (non-hydrogen) atoms. The van der Waals surface area contributed by atoms with Crippen LogP contribution in [-0.4, -0.2) is 20.6 Å². The number of thiophene rings is 1. The van der Waals surface area contributed by atoms with Gasteiger partial charge in [-0.25, -0.2) is 15.0 Å². The number of hydrogen-bond donors (Lipinski definition) is 0. The van der Waals surface area contributed by atoms with Gasteiger partial charge in [-0.15, -0.1) is 23.1 Å². The summed E-state index contributed by atoms with van der Waals surface area (Å²) < 4.78 is 7.08. The number of aryl methyl sites for hydroxylation is 1. The van der Waals surface area contributed by atoms with Crippen LogP contribution in [0.4, 0.5) is 0 Å². The molecule has 0 saturated carbocycles. The van der Waals surface area contributed by atoms with Crippen molar-refractivity contribution >= 4 is 55.1 Å². The van der Waals surface area contributed by atoms with E-state index in [9.17, 15) is 0 Å². The molecule has 0 N–H and O–H groups in total. The first kappa shape index (κ1) is 19.2. The number of hydrogen-bond acceptors (Lipinski definition) is 6. The molecular weight excluding hydrogens is 422 g/mol. The molecule has 0 unspecified atom stereocenters. The summed E-state index contributed by atoms with van der Waals surface area (Å²) in [4.78, 5) is 15.5. The molecule has 0 aliphatic carbocycles. The fourth-order valence-corrected chi connectivity index (χ4v) is 6.15. The van der Waals surface area contributed by atoms with Crippen LogP contribution in [0, 0.1) is 6.92 Å². The molecule has 0 bridgehead atoms. The van der Waals surface area contributed by atoms with E-state index in [1.54, 1.807) is 23.1 Å². The highest BCUT2D eigenvalue weighted by molar-refractivity contribution is 7.98. The molecule has 4 nitrogen and oxygen atoms in total. The molecule has 7 heteroatoms. The molecule has 0 spiro atoms. The average molecular weight is 442 g/mol. The molecule has 0 amide bonds. The number of halogens is 1. The number of aromatic nitrogens is 3. The fraction of sp³-hybridized carbons (Fsp3) is 0.318. The van der Waals surface area contributed by atoms with Gasteiger partial charge in [0.2, 0.25) is 0 Å². The second-order valence-electron chi connectivity index (χ2n) is 7.91. The Hall–Kier alpha value is -1.73. The van der Waals surface area contributed by atoms with Crippen molar-refractivity contribution in [1.29, 1.82) is 0 Å². The van der Waals surface area contributed by atoms with Crippen LogP contribution in [-0.2, 0) is 23.5 Å². The first-order chi connectivity index (χ1) is 13.9. The normalized spacial score (nSPS) is 15.7. The van der Waals surface area contributed by atoms with Crippen molar-refractivity contribution < 1.29 is 4.74 Å². The highest BCUT2D eigenvalue weighted by Gasteiger charge is 2.28. The summed E-state index contributed by atoms with van der Waals surface area (Å²) in [5.41, 5.74) is 4.22. The minimum Gasteiger partial charge on any atom is -0.370 e. The predicted molar refractivity (Wildman–Crippen MR) is 121 cm³/mol. The maximum Gasteiger partial charge on any atom is 0.127 e. The van der Waals surface area contributed by atoms with E-state index in [0.717, 1.165) is 65.3 Å². The van der Waals surface area contributed by atoms with Crippen molar-refractivity contribution in [2.24, 2.45) is 0 Å². The van der Waals surface area contributed by atoms with E-state index < -0.39 is 0 Å². The number of pyridine rings is 1. The quantitative estimate of drug-likeness (QED) is 0.274. The predicted octanol–water partition coefficient (Wildman–Crippen LogP) is 6.34. The summed E-state index contributed by atoms with van der Waals surface area (Å²) in [6.07, 6.45) is 0.825. The van der Waals surface area contributed by atoms with E-state index in [0.29, 0.717) is 6.61 Å². The number of fused-ring (bicyclic) bond motifs is 4. The first-order valence-corrected chi connectivity index (χ1v) is 11.7. The van der Waals surface area contributed by atoms with Crippen molar-refractivity contribution in [2.45, 2.75) is 50.2 Å². The second kappa shape index (κ2) is 7.20. The van der Waals surface area contributed by atoms with Crippen molar-refractivity contribution in [3.8, 4) is 0 Å². The zero-order chi connectivity index (χ0) is 20.2. The van der Waals surface area contributed by atoms with Crippen molar-refractivity contribution in [3.05, 3.63) is 58.0 Å². The first-order valence-electron chi connectivity index (χ1n) is 9.49. The zero-order valence-corrected chi connectivity index (χ0v) is 18.8. The van der Waals surface area contributed by atoms with Crippen LogP contribution in [0.2, 0.25) is 5.02 Å². The Morgan fingerprint density at radius 2 is 2.03 bits per heavy atom. The van der Waals surface area contributed by atoms with E-state index in [1.165, 1.54) is 0 Å². The van der Waals surface area contributed by atoms with Crippen LogP contribution in [0.1, 0.15) is 36.5 Å². The van der Waals surface area contributed by atoms with Crippen LogP contribution >= 0.6 is 34.7 Å². The summed E-state index contributed by atoms with van der Waals surface area (Å²) in [6.45, 7) is 6.77. The van der Waals surface area contributed by atoms with Crippen molar-refractivity contribution in [3.63, 3.8) is 0 Å². The third-order valence-corrected chi connectivity index (χ3v) is 7.71. The van der Waals surface area contributed by atoms with E-state index in [1.807, 2.05) is 25.1 Å². The van der Waals surface area contributed by atoms with E-state index >= 15 is 0 Å². The third kappa shape index (κ3) is 3.63. The molecule has 0 saturated heterocycles. The summed E-state index contributed by atoms with van der Waals surface area (Å²) in [5.74, 6) is 1.54. The van der Waals surface area contributed by atoms with Crippen molar-refractivity contribution in [2.75, 3.05) is 0 Å². The SMILES string of the molecule is Cc1nc(SCc2ccccc2Cl)c2sc3nc4c(cc3c2n1)COC(C)(C)C4. The van der Waals surface area contributed by atoms with Gasteiger partial charge in [-0.2, -0.15) is 0 Å². The topological polar surface area (TPSA) is 47.9 Å². The maximum absolute atomic E-state index is 6.33. The van der Waals surface area contributed by atoms with Gasteiger partial charge >= 0.3 is 0 Å². The van der Waals surface area contributed by atoms with Crippen LogP contribution in [0.15, 0.2) is 35.4 Å². The van der Waals surface area contributed by atoms with Gasteiger partial charge in [-0.3, -0.25) is 0 Å². The Bertz CT molecular complexity index is 1250. The second-order valence-corrected chi connectivity index (χ2v) is 10.3. The molecule has 4 heterocycles. The Kier molecular flexibility index (Phi) is 4.78. The largest absolute Gasteiger partial charge is 0.370 e. The van der Waals surface area contributed by atoms with Gasteiger partial charge in [-0.05, 0) is 38.5 Å². The average Bonchev–Trinajstić information content (AvgIpc) is 3.02. The van der Waals surface area contributed by atoms with Crippen molar-refractivity contribution in [1.82, 2.24) is 15.0 Å². The van der Waals surface area contributed by atoms with Gasteiger partial charge < -0.3 is 4.74 Å². The Morgan fingerprint density at radius 3 is 2.86 bits per heavy atom. The molecule has 148 valence electrons. The minimum absolute atomic E-state index is 0.170. The molecule has 1 aromatic carbocycles. The van der Waals surface area contributed by atoms with Crippen LogP contribution in [0.25, 0.3) is 20.4 Å². The summed E-state index contributed by atoms with van der Waals surface area (Å²) >= 11 is 9.71. The number of ether oxygens (including phenoxy) is 1. The van der Waals surface area contributed by atoms with Gasteiger partial charge in [-0.1, -0.05) is 29.8 Å². The van der Waals surface area contributed by atoms with Gasteiger partial charge in [0.25, 0.3) is 0 Å². The van der Waals surface area contributed by atoms with Gasteiger partial charge in [0.1, 0.15) is 15.7 Å². The number of nitrogens with zero attached hydrogens (tertiary/aromatic N) is 3. The van der Waals surface area contributed by atoms with Crippen LogP contribution in [0.3, 0.4) is 0 Å². The van der Waals surface area contributed by atoms with Crippen LogP contribution < -0.4 is 0 Å². The highest BCUT2D eigenvalue weighted by Crippen LogP contribution is 2.40. The number of thioether (sulfide) groups is 1. The highest BCUT2D eigenvalue weighted by atomic mass is 35.5. The smallest absolute Gasteiger partial charge is 0.127 e. The molecule has 0 atom stereocenters. The van der Waals surface area contributed by atoms with Crippen LogP contribution in [0.5, 0.6) is 0 Å². The Balaban J connectivity index is 1.59. The third-order valence-electron chi connectivity index (χ3n) is 5.09. The number of rotatable bonds is 3. The van der Waals surface area contributed by atoms with E-state index in [4.69, 9.17) is 31.3 Å². The molecule has 5 rings (SSSR count). The molecular formula is C22H20ClN3OS2. The fourth-order valence-electron chi connectivity index (χ4n) is 3.59. The molecule has 0 radical (unpaired) electrons. The molecule has 0 fully saturated rings. The summed E-state index contributed by atoms with van der Waals surface area (Å²) in [6, 6.07) is 10.2. The maximum atomic E-state index is 6.33. The Labute approximate surface area is 182 Å². The minimum atomic E-state index is -0.170. The standard InChI is InChI=1S/C22H20ClN3OS2/c1-12-24-18-15-8-14-10-27-22(2,3)9-17(14)26-20(15)29-19(18)21(25-12)28-11-13-6-4-5-7-16(13)23/h4-8H,9-11H2,1-3H3.